The topological polar surface area (TPSA) is 92.4 Å². The molecule has 0 saturated heterocycles. The standard InChI is InChI=1S/C34H50N2O4/c1-19(2)26-22(37)17-34(36-28(39)29-35-18-20(3)40-29)16-15-32(7)21(27(26)34)9-10-24-31(6)13-12-25(38)30(4,5)23(31)11-14-33(24,32)8/h18-19,21,23-25,38H,9-17H2,1-8H3,(H,36,39)/t21-,23+,24-,25+,31+,32-,33-,34-/m1/s1. The van der Waals surface area contributed by atoms with Gasteiger partial charge in [-0.3, -0.25) is 9.59 Å². The van der Waals surface area contributed by atoms with Crippen molar-refractivity contribution < 1.29 is 19.1 Å². The molecule has 0 bridgehead atoms. The molecule has 0 radical (unpaired) electrons. The van der Waals surface area contributed by atoms with E-state index in [4.69, 9.17) is 4.42 Å². The van der Waals surface area contributed by atoms with Crippen molar-refractivity contribution in [2.45, 2.75) is 125 Å². The molecule has 40 heavy (non-hydrogen) atoms. The number of hydrogen-bond acceptors (Lipinski definition) is 5. The maximum atomic E-state index is 13.7. The Morgan fingerprint density at radius 1 is 1.00 bits per heavy atom. The summed E-state index contributed by atoms with van der Waals surface area (Å²) in [4.78, 5) is 31.4. The lowest BCUT2D eigenvalue weighted by Crippen LogP contribution is -2.67. The zero-order valence-corrected chi connectivity index (χ0v) is 25.9. The molecule has 1 aromatic rings. The van der Waals surface area contributed by atoms with E-state index in [1.165, 1.54) is 5.57 Å². The lowest BCUT2D eigenvalue weighted by atomic mass is 9.33. The summed E-state index contributed by atoms with van der Waals surface area (Å²) < 4.78 is 5.59. The van der Waals surface area contributed by atoms with Gasteiger partial charge in [0.1, 0.15) is 5.76 Å². The van der Waals surface area contributed by atoms with Gasteiger partial charge < -0.3 is 14.8 Å². The molecule has 4 fully saturated rings. The van der Waals surface area contributed by atoms with Gasteiger partial charge in [-0.25, -0.2) is 4.98 Å². The molecule has 5 aliphatic carbocycles. The summed E-state index contributed by atoms with van der Waals surface area (Å²) in [5, 5.41) is 14.3. The molecule has 0 spiro atoms. The number of ketones is 1. The summed E-state index contributed by atoms with van der Waals surface area (Å²) in [6.45, 7) is 18.3. The molecule has 6 nitrogen and oxygen atoms in total. The highest BCUT2D eigenvalue weighted by Crippen LogP contribution is 2.75. The van der Waals surface area contributed by atoms with Crippen LogP contribution in [0.5, 0.6) is 0 Å². The van der Waals surface area contributed by atoms with Crippen LogP contribution in [0.15, 0.2) is 21.8 Å². The quantitative estimate of drug-likeness (QED) is 0.431. The van der Waals surface area contributed by atoms with E-state index in [2.05, 4.69) is 58.8 Å². The molecular formula is C34H50N2O4. The number of Topliss-reactive ketones (excluding diaryl/α,β-unsaturated/α-hetero) is 1. The van der Waals surface area contributed by atoms with E-state index < -0.39 is 5.54 Å². The first kappa shape index (κ1) is 28.2. The third-order valence-electron chi connectivity index (χ3n) is 13.6. The third-order valence-corrected chi connectivity index (χ3v) is 13.6. The van der Waals surface area contributed by atoms with Crippen molar-refractivity contribution in [1.82, 2.24) is 10.3 Å². The largest absolute Gasteiger partial charge is 0.438 e. The van der Waals surface area contributed by atoms with E-state index in [0.717, 1.165) is 56.9 Å². The molecule has 1 heterocycles. The molecule has 4 saturated carbocycles. The minimum absolute atomic E-state index is 0.0396. The molecule has 8 atom stereocenters. The van der Waals surface area contributed by atoms with Crippen LogP contribution in [-0.2, 0) is 4.79 Å². The molecule has 1 amide bonds. The second-order valence-electron chi connectivity index (χ2n) is 15.9. The second-order valence-corrected chi connectivity index (χ2v) is 15.9. The van der Waals surface area contributed by atoms with Crippen LogP contribution < -0.4 is 5.32 Å². The zero-order valence-electron chi connectivity index (χ0n) is 25.9. The van der Waals surface area contributed by atoms with Crippen LogP contribution in [0.3, 0.4) is 0 Å². The maximum absolute atomic E-state index is 13.7. The van der Waals surface area contributed by atoms with Crippen molar-refractivity contribution in [3.05, 3.63) is 29.0 Å². The van der Waals surface area contributed by atoms with Crippen LogP contribution in [0.4, 0.5) is 0 Å². The smallest absolute Gasteiger partial charge is 0.307 e. The Morgan fingerprint density at radius 2 is 1.73 bits per heavy atom. The van der Waals surface area contributed by atoms with Crippen molar-refractivity contribution in [3.8, 4) is 0 Å². The Hall–Kier alpha value is -1.95. The molecule has 6 heteroatoms. The number of aromatic nitrogens is 1. The number of fused-ring (bicyclic) bond motifs is 7. The average molecular weight is 551 g/mol. The number of hydrogen-bond donors (Lipinski definition) is 2. The first-order valence-electron chi connectivity index (χ1n) is 15.8. The summed E-state index contributed by atoms with van der Waals surface area (Å²) in [5.74, 6) is 2.05. The number of aryl methyl sites for hydroxylation is 1. The Labute approximate surface area is 240 Å². The van der Waals surface area contributed by atoms with E-state index in [9.17, 15) is 14.7 Å². The Balaban J connectivity index is 1.41. The molecule has 0 aromatic carbocycles. The number of aliphatic hydroxyl groups is 1. The molecule has 5 aliphatic rings. The first-order valence-corrected chi connectivity index (χ1v) is 15.8. The number of amides is 1. The maximum Gasteiger partial charge on any atom is 0.307 e. The summed E-state index contributed by atoms with van der Waals surface area (Å²) in [6, 6.07) is 0. The normalized spacial score (nSPS) is 44.1. The first-order chi connectivity index (χ1) is 18.6. The fourth-order valence-electron chi connectivity index (χ4n) is 11.5. The molecule has 220 valence electrons. The van der Waals surface area contributed by atoms with Gasteiger partial charge in [-0.2, -0.15) is 0 Å². The highest BCUT2D eigenvalue weighted by molar-refractivity contribution is 6.03. The van der Waals surface area contributed by atoms with Crippen molar-refractivity contribution in [1.29, 1.82) is 0 Å². The van der Waals surface area contributed by atoms with E-state index in [-0.39, 0.29) is 57.2 Å². The number of carbonyl (C=O) groups excluding carboxylic acids is 2. The van der Waals surface area contributed by atoms with Gasteiger partial charge in [-0.15, -0.1) is 0 Å². The summed E-state index contributed by atoms with van der Waals surface area (Å²) in [7, 11) is 0. The number of rotatable bonds is 3. The molecule has 0 unspecified atom stereocenters. The van der Waals surface area contributed by atoms with Crippen LogP contribution in [-0.4, -0.2) is 33.4 Å². The highest BCUT2D eigenvalue weighted by Gasteiger charge is 2.70. The highest BCUT2D eigenvalue weighted by atomic mass is 16.4. The lowest BCUT2D eigenvalue weighted by molar-refractivity contribution is -0.226. The van der Waals surface area contributed by atoms with E-state index in [1.807, 2.05) is 0 Å². The zero-order chi connectivity index (χ0) is 29.0. The monoisotopic (exact) mass is 550 g/mol. The number of oxazole rings is 1. The van der Waals surface area contributed by atoms with Gasteiger partial charge in [0.25, 0.3) is 5.89 Å². The molecule has 0 aliphatic heterocycles. The third kappa shape index (κ3) is 3.53. The van der Waals surface area contributed by atoms with Gasteiger partial charge in [-0.1, -0.05) is 48.5 Å². The second kappa shape index (κ2) is 8.78. The number of nitrogens with one attached hydrogen (secondary N) is 1. The molecule has 6 rings (SSSR count). The van der Waals surface area contributed by atoms with Gasteiger partial charge >= 0.3 is 5.91 Å². The summed E-state index contributed by atoms with van der Waals surface area (Å²) >= 11 is 0. The van der Waals surface area contributed by atoms with Crippen molar-refractivity contribution in [2.24, 2.45) is 45.3 Å². The molecule has 1 aromatic heterocycles. The van der Waals surface area contributed by atoms with Crippen LogP contribution in [0.1, 0.15) is 123 Å². The van der Waals surface area contributed by atoms with Crippen LogP contribution in [0, 0.1) is 52.3 Å². The van der Waals surface area contributed by atoms with Crippen molar-refractivity contribution in [2.75, 3.05) is 0 Å². The van der Waals surface area contributed by atoms with Gasteiger partial charge in [0.05, 0.1) is 17.8 Å². The summed E-state index contributed by atoms with van der Waals surface area (Å²) in [6.07, 6.45) is 9.95. The fraction of sp³-hybridized carbons (Fsp3) is 0.794. The van der Waals surface area contributed by atoms with Crippen molar-refractivity contribution in [3.63, 3.8) is 0 Å². The molecule has 2 N–H and O–H groups in total. The summed E-state index contributed by atoms with van der Waals surface area (Å²) in [5.41, 5.74) is 1.85. The fourth-order valence-corrected chi connectivity index (χ4v) is 11.5. The number of nitrogens with zero attached hydrogens (tertiary/aromatic N) is 1. The lowest BCUT2D eigenvalue weighted by Gasteiger charge is -2.72. The van der Waals surface area contributed by atoms with Crippen LogP contribution in [0.25, 0.3) is 0 Å². The Bertz CT molecular complexity index is 1280. The SMILES string of the molecule is Cc1cnc(C(=O)N[C@@]23CC[C@]4(C)[C@H](CC[C@@H]5[C@@]6(C)CC[C@H](O)C(C)(C)[C@@H]6CC[C@]54C)C2=C(C(C)C)C(=O)C3)o1. The van der Waals surface area contributed by atoms with E-state index in [0.29, 0.717) is 24.0 Å². The van der Waals surface area contributed by atoms with Gasteiger partial charge in [0.2, 0.25) is 0 Å². The number of aliphatic hydroxyl groups excluding tert-OH is 1. The number of allylic oxidation sites excluding steroid dienone is 1. The Kier molecular flexibility index (Phi) is 6.19. The van der Waals surface area contributed by atoms with Crippen molar-refractivity contribution >= 4 is 11.7 Å². The Morgan fingerprint density at radius 3 is 2.38 bits per heavy atom. The minimum atomic E-state index is -0.651. The molecular weight excluding hydrogens is 500 g/mol. The van der Waals surface area contributed by atoms with Crippen LogP contribution in [0.2, 0.25) is 0 Å². The number of carbonyl (C=O) groups is 2. The van der Waals surface area contributed by atoms with Crippen LogP contribution >= 0.6 is 0 Å². The van der Waals surface area contributed by atoms with Gasteiger partial charge in [0.15, 0.2) is 5.78 Å². The predicted octanol–water partition coefficient (Wildman–Crippen LogP) is 6.81. The average Bonchev–Trinajstić information content (AvgIpc) is 3.43. The predicted molar refractivity (Wildman–Crippen MR) is 154 cm³/mol. The van der Waals surface area contributed by atoms with Gasteiger partial charge in [0, 0.05) is 6.42 Å². The van der Waals surface area contributed by atoms with Gasteiger partial charge in [-0.05, 0) is 115 Å². The minimum Gasteiger partial charge on any atom is -0.438 e. The van der Waals surface area contributed by atoms with E-state index >= 15 is 0 Å². The van der Waals surface area contributed by atoms with E-state index in [1.54, 1.807) is 13.1 Å².